The molecule has 672 valence electrons. The maximum atomic E-state index is 15.1. The molecule has 1 aliphatic rings. The van der Waals surface area contributed by atoms with Crippen LogP contribution in [-0.2, 0) is 104 Å². The summed E-state index contributed by atoms with van der Waals surface area (Å²) in [7, 11) is 4.33. The van der Waals surface area contributed by atoms with E-state index >= 15 is 9.59 Å². The number of aromatic nitrogens is 1. The van der Waals surface area contributed by atoms with Crippen LogP contribution in [0, 0.1) is 0 Å². The van der Waals surface area contributed by atoms with Crippen LogP contribution in [0.15, 0.2) is 261 Å². The summed E-state index contributed by atoms with van der Waals surface area (Å²) in [5.74, 6) is -12.3. The lowest BCUT2D eigenvalue weighted by atomic mass is 9.77. The van der Waals surface area contributed by atoms with E-state index in [1.54, 1.807) is 6.20 Å². The number of alkyl carbamates (subject to hydrolysis) is 1. The van der Waals surface area contributed by atoms with Crippen LogP contribution in [0.25, 0.3) is 22.0 Å². The van der Waals surface area contributed by atoms with E-state index in [9.17, 15) is 67.7 Å². The number of nitrogens with one attached hydrogen (secondary N) is 11. The van der Waals surface area contributed by atoms with Gasteiger partial charge in [0, 0.05) is 29.4 Å². The topological polar surface area (TPSA) is 488 Å². The maximum Gasteiger partial charge on any atom is 0.407 e. The summed E-state index contributed by atoms with van der Waals surface area (Å²) in [6, 6.07) is 66.6. The number of rotatable bonds is 39. The molecule has 0 radical (unpaired) electrons. The minimum Gasteiger partial charge on any atom is -0.469 e. The number of amides is 10. The molecule has 129 heavy (non-hydrogen) atoms. The zero-order valence-corrected chi connectivity index (χ0v) is 71.5. The van der Waals surface area contributed by atoms with Gasteiger partial charge in [-0.15, -0.1) is 0 Å². The number of H-pyrrole nitrogens is 1. The van der Waals surface area contributed by atoms with E-state index in [1.807, 2.05) is 255 Å². The van der Waals surface area contributed by atoms with Crippen molar-refractivity contribution in [3.05, 3.63) is 311 Å². The van der Waals surface area contributed by atoms with Gasteiger partial charge in [-0.2, -0.15) is 0 Å². The summed E-state index contributed by atoms with van der Waals surface area (Å²) in [5.41, 5.74) is 13.0. The number of benzene rings is 9. The monoisotopic (exact) mass is 1760 g/mol. The molecular formula is C96H102N12O21. The van der Waals surface area contributed by atoms with Gasteiger partial charge in [-0.1, -0.05) is 249 Å². The summed E-state index contributed by atoms with van der Waals surface area (Å²) < 4.78 is 24.4. The number of esters is 4. The Morgan fingerprint density at radius 3 is 1.08 bits per heavy atom. The number of carbonyl (C=O) groups excluding carboxylic acids is 14. The van der Waals surface area contributed by atoms with Crippen molar-refractivity contribution < 1.29 is 101 Å². The summed E-state index contributed by atoms with van der Waals surface area (Å²) >= 11 is 0. The van der Waals surface area contributed by atoms with Gasteiger partial charge in [0.25, 0.3) is 0 Å². The van der Waals surface area contributed by atoms with Crippen LogP contribution in [0.4, 0.5) is 4.79 Å². The van der Waals surface area contributed by atoms with Crippen molar-refractivity contribution in [3.8, 4) is 11.1 Å². The lowest BCUT2D eigenvalue weighted by molar-refractivity contribution is -0.145. The average molecular weight is 1760 g/mol. The fraction of sp³-hybridized carbons (Fsp3) is 0.271. The zero-order valence-electron chi connectivity index (χ0n) is 71.5. The molecule has 10 aromatic rings. The van der Waals surface area contributed by atoms with Crippen molar-refractivity contribution in [1.82, 2.24) is 58.2 Å². The van der Waals surface area contributed by atoms with Gasteiger partial charge in [0.05, 0.1) is 72.4 Å². The molecule has 1 aliphatic carbocycles. The number of ether oxygens (including phenoxy) is 5. The van der Waals surface area contributed by atoms with Crippen LogP contribution < -0.4 is 58.9 Å². The number of para-hydroxylation sites is 1. The van der Waals surface area contributed by atoms with Gasteiger partial charge in [0.1, 0.15) is 67.0 Å². The van der Waals surface area contributed by atoms with Crippen LogP contribution in [0.5, 0.6) is 0 Å². The van der Waals surface area contributed by atoms with E-state index in [0.717, 1.165) is 78.3 Å². The largest absolute Gasteiger partial charge is 0.469 e. The number of hydrogen-bond donors (Lipinski definition) is 14. The van der Waals surface area contributed by atoms with Gasteiger partial charge in [-0.25, -0.2) is 4.79 Å². The Bertz CT molecular complexity index is 5340. The molecule has 33 nitrogen and oxygen atoms in total. The van der Waals surface area contributed by atoms with Crippen LogP contribution in [0.3, 0.4) is 0 Å². The van der Waals surface area contributed by atoms with Crippen LogP contribution in [0.2, 0.25) is 0 Å². The first-order chi connectivity index (χ1) is 62.1. The van der Waals surface area contributed by atoms with E-state index in [0.29, 0.717) is 22.3 Å². The van der Waals surface area contributed by atoms with Crippen molar-refractivity contribution in [2.75, 3.05) is 48.1 Å². The Kier molecular flexibility index (Phi) is 34.3. The van der Waals surface area contributed by atoms with E-state index in [2.05, 4.69) is 72.4 Å². The molecule has 1 heterocycles. The lowest BCUT2D eigenvalue weighted by Crippen LogP contribution is -2.61. The number of nitrogens with two attached hydrogens (primary N) is 1. The predicted molar refractivity (Wildman–Crippen MR) is 472 cm³/mol. The highest BCUT2D eigenvalue weighted by Gasteiger charge is 2.43. The predicted octanol–water partition coefficient (Wildman–Crippen LogP) is 4.82. The smallest absolute Gasteiger partial charge is 0.407 e. The summed E-state index contributed by atoms with van der Waals surface area (Å²) in [6.45, 7) is 1.16. The van der Waals surface area contributed by atoms with Crippen molar-refractivity contribution in [2.24, 2.45) is 5.73 Å². The fourth-order valence-corrected chi connectivity index (χ4v) is 15.0. The zero-order chi connectivity index (χ0) is 92.7. The molecule has 0 fully saturated rings. The average Bonchev–Trinajstić information content (AvgIpc) is 1.74. The van der Waals surface area contributed by atoms with E-state index in [4.69, 9.17) is 15.2 Å². The number of aliphatic hydroxyl groups excluding tert-OH is 2. The molecule has 0 aliphatic heterocycles. The minimum atomic E-state index is -1.86. The fourth-order valence-electron chi connectivity index (χ4n) is 15.0. The van der Waals surface area contributed by atoms with Gasteiger partial charge in [-0.3, -0.25) is 62.3 Å². The van der Waals surface area contributed by atoms with Gasteiger partial charge >= 0.3 is 30.0 Å². The normalized spacial score (nSPS) is 13.5. The lowest BCUT2D eigenvalue weighted by Gasteiger charge is -2.37. The molecular weight excluding hydrogens is 1660 g/mol. The number of aliphatic hydroxyl groups is 2. The van der Waals surface area contributed by atoms with Gasteiger partial charge in [-0.05, 0) is 81.1 Å². The molecule has 10 amide bonds. The Hall–Kier alpha value is -15.2. The number of carbonyl (C=O) groups is 14. The molecule has 1 aromatic heterocycles. The molecule has 0 saturated heterocycles. The molecule has 9 atom stereocenters. The Morgan fingerprint density at radius 1 is 0.372 bits per heavy atom. The van der Waals surface area contributed by atoms with Crippen LogP contribution in [-0.4, -0.2) is 201 Å². The molecule has 0 saturated carbocycles. The van der Waals surface area contributed by atoms with Crippen molar-refractivity contribution in [1.29, 1.82) is 0 Å². The summed E-state index contributed by atoms with van der Waals surface area (Å²) in [6.07, 6.45) is -5.24. The summed E-state index contributed by atoms with van der Waals surface area (Å²) in [5, 5.41) is 47.0. The highest BCUT2D eigenvalue weighted by atomic mass is 16.6. The second-order valence-corrected chi connectivity index (χ2v) is 30.2. The maximum absolute atomic E-state index is 15.1. The molecule has 9 unspecified atom stereocenters. The molecule has 11 rings (SSSR count). The first kappa shape index (κ1) is 96.0. The first-order valence-corrected chi connectivity index (χ1v) is 41.2. The third-order valence-electron chi connectivity index (χ3n) is 21.6. The quantitative estimate of drug-likeness (QED) is 0.0139. The van der Waals surface area contributed by atoms with Crippen molar-refractivity contribution in [3.63, 3.8) is 0 Å². The molecule has 9 aromatic carbocycles. The van der Waals surface area contributed by atoms with E-state index in [-0.39, 0.29) is 18.9 Å². The Balaban J connectivity index is 0.000000303. The highest BCUT2D eigenvalue weighted by molar-refractivity contribution is 6.00. The van der Waals surface area contributed by atoms with Crippen molar-refractivity contribution >= 4 is 94.0 Å². The van der Waals surface area contributed by atoms with E-state index < -0.39 is 187 Å². The van der Waals surface area contributed by atoms with E-state index in [1.165, 1.54) is 13.8 Å². The Morgan fingerprint density at radius 2 is 0.698 bits per heavy atom. The third kappa shape index (κ3) is 24.9. The second kappa shape index (κ2) is 46.1. The van der Waals surface area contributed by atoms with Gasteiger partial charge in [0.15, 0.2) is 0 Å². The number of aromatic amines is 1. The second-order valence-electron chi connectivity index (χ2n) is 30.2. The minimum absolute atomic E-state index is 0.0923. The van der Waals surface area contributed by atoms with Gasteiger partial charge < -0.3 is 97.8 Å². The number of methoxy groups -OCH3 is 4. The molecule has 0 spiro atoms. The number of hydrogen-bond acceptors (Lipinski definition) is 22. The highest BCUT2D eigenvalue weighted by Crippen LogP contribution is 2.45. The third-order valence-corrected chi connectivity index (χ3v) is 21.6. The van der Waals surface area contributed by atoms with Gasteiger partial charge in [0.2, 0.25) is 53.2 Å². The molecule has 33 heteroatoms. The number of fused-ring (bicyclic) bond motifs is 4. The SMILES string of the molecule is COC(=O)CNC(=O)C(NC(=O)C(CC(=O)OC)NC(=O)C(CC(=O)NC(c1ccccc1)(c1ccccc1)c1ccccc1)NC(=O)C(Cc1c[nH]c2ccccc12)NC(=O)OCC1c2ccccc2-c2ccccc21)C(C)O.COC(=O)CNC(=O)C(NC(=O)C(CC(=O)OC)NC(=O)C(N)CC(=O)NC(c1ccccc1)(c1ccccc1)c1ccccc1)C(C)O. The standard InChI is InChI=1S/C61H61N7O12.C35H41N5O9/c1-37(69)55(59(76)63-35-54(72)79-3)67-58(75)51(33-53(71)78-2)65-57(74)50(32-52(70)68-61(39-19-7-4-8-20-39,40-21-9-5-10-22-40)41-23-11-6-12-24-41)64-56(73)49(31-38-34-62-48-30-18-17-25-42(38)48)66-60(77)80-36-47-45-28-15-13-26-43(45)44-27-14-16-29-46(44)47;1-22(41)31(34(47)37-21-30(44)49-3)39-33(46)27(20-29(43)48-2)38-32(45)26(36)19-28(42)40-35(23-13-7-4-8-14-23,24-15-9-5-10-16-24)25-17-11-6-12-18-25/h4-30,34,37,47,49-51,55,62,69H,31-33,35-36H2,1-3H3,(H,63,76)(H,64,73)(H,65,74)(H,66,77)(H,67,75)(H,68,70);4-18,22,26-27,31,41H,19-21,36H2,1-3H3,(H,37,47)(H,38,45)(H,39,46)(H,40,42). The molecule has 0 bridgehead atoms. The Labute approximate surface area is 743 Å². The van der Waals surface area contributed by atoms with Crippen LogP contribution >= 0.6 is 0 Å². The molecule has 15 N–H and O–H groups in total. The first-order valence-electron chi connectivity index (χ1n) is 41.2. The van der Waals surface area contributed by atoms with Crippen molar-refractivity contribution in [2.45, 2.75) is 117 Å². The summed E-state index contributed by atoms with van der Waals surface area (Å²) in [4.78, 5) is 191. The van der Waals surface area contributed by atoms with Crippen LogP contribution in [0.1, 0.15) is 95.5 Å².